The zero-order valence-electron chi connectivity index (χ0n) is 11.6. The van der Waals surface area contributed by atoms with E-state index < -0.39 is 0 Å². The van der Waals surface area contributed by atoms with Gasteiger partial charge in [0.25, 0.3) is 5.91 Å². The number of carbonyl (C=O) groups excluding carboxylic acids is 1. The van der Waals surface area contributed by atoms with Gasteiger partial charge in [-0.25, -0.2) is 4.98 Å². The average molecular weight is 258 g/mol. The van der Waals surface area contributed by atoms with Crippen LogP contribution in [0.25, 0.3) is 0 Å². The number of rotatable bonds is 2. The van der Waals surface area contributed by atoms with E-state index in [-0.39, 0.29) is 17.1 Å². The molecule has 0 unspecified atom stereocenters. The second kappa shape index (κ2) is 4.84. The molecular formula is C14H18N4O. The van der Waals surface area contributed by atoms with Gasteiger partial charge in [-0.2, -0.15) is 0 Å². The van der Waals surface area contributed by atoms with Gasteiger partial charge in [-0.15, -0.1) is 5.10 Å². The van der Waals surface area contributed by atoms with Crippen molar-refractivity contribution >= 4 is 11.6 Å². The van der Waals surface area contributed by atoms with Gasteiger partial charge in [0.05, 0.1) is 0 Å². The molecule has 0 saturated heterocycles. The third kappa shape index (κ3) is 3.19. The Morgan fingerprint density at radius 1 is 1.21 bits per heavy atom. The van der Waals surface area contributed by atoms with E-state index in [4.69, 9.17) is 0 Å². The number of hydrogen-bond acceptors (Lipinski definition) is 3. The Labute approximate surface area is 112 Å². The Morgan fingerprint density at radius 2 is 1.84 bits per heavy atom. The number of hydrogen-bond donors (Lipinski definition) is 2. The number of nitrogens with one attached hydrogen (secondary N) is 2. The molecule has 5 heteroatoms. The topological polar surface area (TPSA) is 70.7 Å². The summed E-state index contributed by atoms with van der Waals surface area (Å²) in [5.74, 6) is 0.544. The second-order valence-electron chi connectivity index (χ2n) is 5.58. The maximum absolute atomic E-state index is 12.0. The Morgan fingerprint density at radius 3 is 2.37 bits per heavy atom. The summed E-state index contributed by atoms with van der Waals surface area (Å²) in [6, 6.07) is 7.58. The molecule has 0 saturated carbocycles. The highest BCUT2D eigenvalue weighted by molar-refractivity contribution is 6.01. The summed E-state index contributed by atoms with van der Waals surface area (Å²) in [6.45, 7) is 8.02. The molecule has 0 aliphatic heterocycles. The highest BCUT2D eigenvalue weighted by Crippen LogP contribution is 2.17. The number of aromatic amines is 1. The zero-order chi connectivity index (χ0) is 14.0. The molecule has 2 aromatic rings. The van der Waals surface area contributed by atoms with E-state index in [2.05, 4.69) is 20.5 Å². The quantitative estimate of drug-likeness (QED) is 0.870. The first kappa shape index (κ1) is 13.3. The maximum Gasteiger partial charge on any atom is 0.295 e. The normalized spacial score (nSPS) is 11.4. The largest absolute Gasteiger partial charge is 0.319 e. The molecule has 2 N–H and O–H groups in total. The van der Waals surface area contributed by atoms with Crippen molar-refractivity contribution in [3.63, 3.8) is 0 Å². The van der Waals surface area contributed by atoms with Crippen LogP contribution >= 0.6 is 0 Å². The van der Waals surface area contributed by atoms with Gasteiger partial charge in [-0.1, -0.05) is 38.5 Å². The highest BCUT2D eigenvalue weighted by Gasteiger charge is 2.21. The maximum atomic E-state index is 12.0. The molecule has 2 rings (SSSR count). The van der Waals surface area contributed by atoms with Gasteiger partial charge in [0.2, 0.25) is 5.82 Å². The molecule has 0 aliphatic carbocycles. The van der Waals surface area contributed by atoms with Crippen LogP contribution in [0.2, 0.25) is 0 Å². The summed E-state index contributed by atoms with van der Waals surface area (Å²) in [4.78, 5) is 16.2. The number of aromatic nitrogens is 3. The van der Waals surface area contributed by atoms with Crippen LogP contribution in [-0.2, 0) is 5.41 Å². The van der Waals surface area contributed by atoms with E-state index in [0.29, 0.717) is 5.82 Å². The molecule has 19 heavy (non-hydrogen) atoms. The first-order valence-electron chi connectivity index (χ1n) is 6.17. The van der Waals surface area contributed by atoms with Crippen LogP contribution in [0.4, 0.5) is 5.69 Å². The number of aryl methyl sites for hydroxylation is 1. The van der Waals surface area contributed by atoms with Crippen molar-refractivity contribution in [3.05, 3.63) is 41.5 Å². The number of nitrogens with zero attached hydrogens (tertiary/aromatic N) is 2. The first-order chi connectivity index (χ1) is 8.86. The average Bonchev–Trinajstić information content (AvgIpc) is 2.81. The minimum atomic E-state index is -0.310. The fraction of sp³-hybridized carbons (Fsp3) is 0.357. The summed E-state index contributed by atoms with van der Waals surface area (Å²) in [6.07, 6.45) is 0. The Kier molecular flexibility index (Phi) is 3.38. The number of amides is 1. The smallest absolute Gasteiger partial charge is 0.295 e. The first-order valence-corrected chi connectivity index (χ1v) is 6.17. The van der Waals surface area contributed by atoms with Gasteiger partial charge in [-0.05, 0) is 19.1 Å². The molecule has 1 heterocycles. The number of carbonyl (C=O) groups is 1. The molecule has 1 amide bonds. The van der Waals surface area contributed by atoms with Gasteiger partial charge in [-0.3, -0.25) is 9.89 Å². The van der Waals surface area contributed by atoms with Crippen molar-refractivity contribution in [2.24, 2.45) is 0 Å². The minimum Gasteiger partial charge on any atom is -0.319 e. The van der Waals surface area contributed by atoms with Gasteiger partial charge >= 0.3 is 0 Å². The van der Waals surface area contributed by atoms with E-state index in [0.717, 1.165) is 11.3 Å². The summed E-state index contributed by atoms with van der Waals surface area (Å²) in [7, 11) is 0. The summed E-state index contributed by atoms with van der Waals surface area (Å²) in [5.41, 5.74) is 1.72. The van der Waals surface area contributed by atoms with E-state index in [1.165, 1.54) is 0 Å². The van der Waals surface area contributed by atoms with Gasteiger partial charge in [0.1, 0.15) is 5.82 Å². The number of benzene rings is 1. The monoisotopic (exact) mass is 258 g/mol. The third-order valence-corrected chi connectivity index (χ3v) is 2.71. The molecule has 100 valence electrons. The van der Waals surface area contributed by atoms with Gasteiger partial charge in [0, 0.05) is 11.1 Å². The van der Waals surface area contributed by atoms with E-state index in [9.17, 15) is 4.79 Å². The Bertz CT molecular complexity index is 578. The summed E-state index contributed by atoms with van der Waals surface area (Å²) >= 11 is 0. The molecule has 1 aromatic carbocycles. The third-order valence-electron chi connectivity index (χ3n) is 2.71. The molecule has 0 spiro atoms. The fourth-order valence-electron chi connectivity index (χ4n) is 1.52. The van der Waals surface area contributed by atoms with Crippen molar-refractivity contribution in [3.8, 4) is 0 Å². The van der Waals surface area contributed by atoms with E-state index in [1.807, 2.05) is 52.0 Å². The van der Waals surface area contributed by atoms with Crippen LogP contribution < -0.4 is 5.32 Å². The lowest BCUT2D eigenvalue weighted by atomic mass is 9.96. The van der Waals surface area contributed by atoms with Crippen LogP contribution in [0.1, 0.15) is 42.8 Å². The molecular weight excluding hydrogens is 240 g/mol. The lowest BCUT2D eigenvalue weighted by Gasteiger charge is -2.12. The van der Waals surface area contributed by atoms with Gasteiger partial charge in [0.15, 0.2) is 0 Å². The van der Waals surface area contributed by atoms with Crippen molar-refractivity contribution in [1.82, 2.24) is 15.2 Å². The van der Waals surface area contributed by atoms with Crippen LogP contribution in [0, 0.1) is 6.92 Å². The van der Waals surface area contributed by atoms with E-state index >= 15 is 0 Å². The molecule has 1 aromatic heterocycles. The van der Waals surface area contributed by atoms with Crippen molar-refractivity contribution in [1.29, 1.82) is 0 Å². The molecule has 0 aliphatic rings. The highest BCUT2D eigenvalue weighted by atomic mass is 16.2. The molecule has 5 nitrogen and oxygen atoms in total. The SMILES string of the molecule is Cc1ccc(NC(=O)c2n[nH]c(C(C)(C)C)n2)cc1. The van der Waals surface area contributed by atoms with Crippen LogP contribution in [-0.4, -0.2) is 21.1 Å². The molecule has 0 atom stereocenters. The van der Waals surface area contributed by atoms with Crippen LogP contribution in [0.3, 0.4) is 0 Å². The molecule has 0 bridgehead atoms. The zero-order valence-corrected chi connectivity index (χ0v) is 11.6. The van der Waals surface area contributed by atoms with Crippen LogP contribution in [0.15, 0.2) is 24.3 Å². The Balaban J connectivity index is 2.12. The van der Waals surface area contributed by atoms with Crippen molar-refractivity contribution < 1.29 is 4.79 Å². The predicted octanol–water partition coefficient (Wildman–Crippen LogP) is 2.66. The summed E-state index contributed by atoms with van der Waals surface area (Å²) < 4.78 is 0. The molecule has 0 fully saturated rings. The number of anilines is 1. The van der Waals surface area contributed by atoms with Crippen molar-refractivity contribution in [2.75, 3.05) is 5.32 Å². The second-order valence-corrected chi connectivity index (χ2v) is 5.58. The molecule has 0 radical (unpaired) electrons. The predicted molar refractivity (Wildman–Crippen MR) is 74.2 cm³/mol. The minimum absolute atomic E-state index is 0.157. The lowest BCUT2D eigenvalue weighted by Crippen LogP contribution is -2.16. The van der Waals surface area contributed by atoms with Crippen molar-refractivity contribution in [2.45, 2.75) is 33.1 Å². The van der Waals surface area contributed by atoms with Crippen LogP contribution in [0.5, 0.6) is 0 Å². The standard InChI is InChI=1S/C14H18N4O/c1-9-5-7-10(8-6-9)15-12(19)11-16-13(18-17-11)14(2,3)4/h5-8H,1-4H3,(H,15,19)(H,16,17,18). The number of H-pyrrole nitrogens is 1. The van der Waals surface area contributed by atoms with E-state index in [1.54, 1.807) is 0 Å². The Hall–Kier alpha value is -2.17. The van der Waals surface area contributed by atoms with Gasteiger partial charge < -0.3 is 5.32 Å². The summed E-state index contributed by atoms with van der Waals surface area (Å²) in [5, 5.41) is 9.51. The lowest BCUT2D eigenvalue weighted by molar-refractivity contribution is 0.101. The fourth-order valence-corrected chi connectivity index (χ4v) is 1.52.